The van der Waals surface area contributed by atoms with E-state index < -0.39 is 11.7 Å². The average molecular weight is 478 g/mol. The number of halogens is 4. The lowest BCUT2D eigenvalue weighted by Gasteiger charge is -2.23. The second kappa shape index (κ2) is 9.44. The summed E-state index contributed by atoms with van der Waals surface area (Å²) in [4.78, 5) is 8.64. The van der Waals surface area contributed by atoms with Gasteiger partial charge in [-0.25, -0.2) is 4.98 Å². The SMILES string of the molecule is Cc1c(N)nc(Nc2ccc(OC3CCNCC3)cc2)nc1-c1ccc(Cl)c(C(F)(F)F)c1. The highest BCUT2D eigenvalue weighted by Gasteiger charge is 2.33. The Morgan fingerprint density at radius 3 is 2.45 bits per heavy atom. The number of nitrogen functional groups attached to an aromatic ring is 1. The van der Waals surface area contributed by atoms with Crippen LogP contribution in [-0.2, 0) is 6.18 Å². The molecule has 0 amide bonds. The van der Waals surface area contributed by atoms with Gasteiger partial charge in [0.2, 0.25) is 5.95 Å². The molecule has 33 heavy (non-hydrogen) atoms. The molecule has 174 valence electrons. The molecular formula is C23H23ClF3N5O. The molecule has 4 N–H and O–H groups in total. The van der Waals surface area contributed by atoms with Crippen LogP contribution in [0.2, 0.25) is 5.02 Å². The summed E-state index contributed by atoms with van der Waals surface area (Å²) < 4.78 is 45.9. The van der Waals surface area contributed by atoms with Gasteiger partial charge in [0.1, 0.15) is 17.7 Å². The molecule has 0 spiro atoms. The minimum absolute atomic E-state index is 0.164. The number of alkyl halides is 3. The van der Waals surface area contributed by atoms with Gasteiger partial charge in [-0.3, -0.25) is 0 Å². The van der Waals surface area contributed by atoms with Crippen molar-refractivity contribution in [3.05, 3.63) is 58.6 Å². The maximum atomic E-state index is 13.3. The van der Waals surface area contributed by atoms with E-state index in [-0.39, 0.29) is 34.2 Å². The number of nitrogens with two attached hydrogens (primary N) is 1. The fraction of sp³-hybridized carbons (Fsp3) is 0.304. The van der Waals surface area contributed by atoms with Crippen LogP contribution in [0, 0.1) is 6.92 Å². The lowest BCUT2D eigenvalue weighted by Crippen LogP contribution is -2.34. The zero-order valence-electron chi connectivity index (χ0n) is 17.8. The van der Waals surface area contributed by atoms with Gasteiger partial charge in [-0.2, -0.15) is 18.2 Å². The highest BCUT2D eigenvalue weighted by molar-refractivity contribution is 6.31. The fourth-order valence-electron chi connectivity index (χ4n) is 3.61. The van der Waals surface area contributed by atoms with Crippen LogP contribution < -0.4 is 21.1 Å². The monoisotopic (exact) mass is 477 g/mol. The topological polar surface area (TPSA) is 85.1 Å². The quantitative estimate of drug-likeness (QED) is 0.445. The Bertz CT molecular complexity index is 1130. The van der Waals surface area contributed by atoms with Gasteiger partial charge in [0.25, 0.3) is 0 Å². The summed E-state index contributed by atoms with van der Waals surface area (Å²) in [7, 11) is 0. The molecule has 1 aliphatic rings. The third-order valence-electron chi connectivity index (χ3n) is 5.43. The largest absolute Gasteiger partial charge is 0.490 e. The van der Waals surface area contributed by atoms with E-state index in [9.17, 15) is 13.2 Å². The Kier molecular flexibility index (Phi) is 6.62. The molecule has 0 bridgehead atoms. The van der Waals surface area contributed by atoms with Crippen LogP contribution in [0.5, 0.6) is 5.75 Å². The van der Waals surface area contributed by atoms with Crippen molar-refractivity contribution >= 4 is 29.1 Å². The Hall–Kier alpha value is -3.04. The van der Waals surface area contributed by atoms with Crippen molar-refractivity contribution in [2.45, 2.75) is 32.0 Å². The number of nitrogens with zero attached hydrogens (tertiary/aromatic N) is 2. The number of anilines is 3. The molecule has 6 nitrogen and oxygen atoms in total. The molecule has 4 rings (SSSR count). The zero-order chi connectivity index (χ0) is 23.6. The molecule has 1 aliphatic heterocycles. The van der Waals surface area contributed by atoms with Crippen LogP contribution in [0.25, 0.3) is 11.3 Å². The molecule has 3 aromatic rings. The van der Waals surface area contributed by atoms with Crippen molar-refractivity contribution in [2.75, 3.05) is 24.1 Å². The number of aromatic nitrogens is 2. The van der Waals surface area contributed by atoms with Gasteiger partial charge in [-0.15, -0.1) is 0 Å². The number of hydrogen-bond donors (Lipinski definition) is 3. The maximum Gasteiger partial charge on any atom is 0.417 e. The molecule has 1 saturated heterocycles. The summed E-state index contributed by atoms with van der Waals surface area (Å²) in [6.45, 7) is 3.54. The highest BCUT2D eigenvalue weighted by atomic mass is 35.5. The summed E-state index contributed by atoms with van der Waals surface area (Å²) >= 11 is 5.75. The van der Waals surface area contributed by atoms with E-state index in [1.807, 2.05) is 24.3 Å². The van der Waals surface area contributed by atoms with Crippen molar-refractivity contribution in [3.8, 4) is 17.0 Å². The van der Waals surface area contributed by atoms with Crippen LogP contribution >= 0.6 is 11.6 Å². The Morgan fingerprint density at radius 1 is 1.09 bits per heavy atom. The molecule has 0 atom stereocenters. The highest BCUT2D eigenvalue weighted by Crippen LogP contribution is 2.38. The molecule has 10 heteroatoms. The normalized spacial score (nSPS) is 14.8. The first-order chi connectivity index (χ1) is 15.7. The molecule has 2 heterocycles. The molecular weight excluding hydrogens is 455 g/mol. The predicted molar refractivity (Wildman–Crippen MR) is 123 cm³/mol. The number of benzene rings is 2. The van der Waals surface area contributed by atoms with E-state index in [0.717, 1.165) is 37.7 Å². The Morgan fingerprint density at radius 2 is 1.79 bits per heavy atom. The van der Waals surface area contributed by atoms with Crippen LogP contribution in [0.3, 0.4) is 0 Å². The lowest BCUT2D eigenvalue weighted by atomic mass is 10.0. The second-order valence-electron chi connectivity index (χ2n) is 7.82. The van der Waals surface area contributed by atoms with Gasteiger partial charge in [0.15, 0.2) is 0 Å². The minimum atomic E-state index is -4.58. The summed E-state index contributed by atoms with van der Waals surface area (Å²) in [5.41, 5.74) is 6.79. The lowest BCUT2D eigenvalue weighted by molar-refractivity contribution is -0.137. The first-order valence-electron chi connectivity index (χ1n) is 10.5. The standard InChI is InChI=1S/C23H23ClF3N5O/c1-13-20(14-2-7-19(24)18(12-14)23(25,26)27)31-22(32-21(13)28)30-15-3-5-16(6-4-15)33-17-8-10-29-11-9-17/h2-7,12,17,29H,8-11H2,1H3,(H3,28,30,31,32). The van der Waals surface area contributed by atoms with Crippen LogP contribution in [0.15, 0.2) is 42.5 Å². The zero-order valence-corrected chi connectivity index (χ0v) is 18.6. The first-order valence-corrected chi connectivity index (χ1v) is 10.8. The molecule has 1 fully saturated rings. The number of rotatable bonds is 5. The van der Waals surface area contributed by atoms with Crippen molar-refractivity contribution in [3.63, 3.8) is 0 Å². The fourth-order valence-corrected chi connectivity index (χ4v) is 3.84. The first kappa shape index (κ1) is 23.1. The summed E-state index contributed by atoms with van der Waals surface area (Å²) in [6, 6.07) is 11.0. The summed E-state index contributed by atoms with van der Waals surface area (Å²) in [6.07, 6.45) is -2.48. The van der Waals surface area contributed by atoms with E-state index >= 15 is 0 Å². The van der Waals surface area contributed by atoms with E-state index in [0.29, 0.717) is 11.3 Å². The summed E-state index contributed by atoms with van der Waals surface area (Å²) in [5, 5.41) is 5.97. The molecule has 0 radical (unpaired) electrons. The maximum absolute atomic E-state index is 13.3. The number of hydrogen-bond acceptors (Lipinski definition) is 6. The van der Waals surface area contributed by atoms with Gasteiger partial charge in [0, 0.05) is 16.8 Å². The summed E-state index contributed by atoms with van der Waals surface area (Å²) in [5.74, 6) is 1.10. The average Bonchev–Trinajstić information content (AvgIpc) is 2.78. The van der Waals surface area contributed by atoms with E-state index in [4.69, 9.17) is 22.1 Å². The van der Waals surface area contributed by atoms with Crippen molar-refractivity contribution < 1.29 is 17.9 Å². The molecule has 2 aromatic carbocycles. The Balaban J connectivity index is 1.56. The van der Waals surface area contributed by atoms with Crippen LogP contribution in [-0.4, -0.2) is 29.2 Å². The number of piperidine rings is 1. The molecule has 0 saturated carbocycles. The van der Waals surface area contributed by atoms with Gasteiger partial charge in [0.05, 0.1) is 16.3 Å². The third kappa shape index (κ3) is 5.48. The van der Waals surface area contributed by atoms with Crippen LogP contribution in [0.1, 0.15) is 24.0 Å². The number of nitrogens with one attached hydrogen (secondary N) is 2. The van der Waals surface area contributed by atoms with Gasteiger partial charge >= 0.3 is 6.18 Å². The predicted octanol–water partition coefficient (Wildman–Crippen LogP) is 5.58. The van der Waals surface area contributed by atoms with E-state index in [1.165, 1.54) is 12.1 Å². The van der Waals surface area contributed by atoms with Gasteiger partial charge < -0.3 is 21.1 Å². The smallest absolute Gasteiger partial charge is 0.417 e. The van der Waals surface area contributed by atoms with E-state index in [2.05, 4.69) is 20.6 Å². The second-order valence-corrected chi connectivity index (χ2v) is 8.22. The van der Waals surface area contributed by atoms with Crippen molar-refractivity contribution in [1.82, 2.24) is 15.3 Å². The molecule has 1 aromatic heterocycles. The van der Waals surface area contributed by atoms with Crippen molar-refractivity contribution in [1.29, 1.82) is 0 Å². The molecule has 0 unspecified atom stereocenters. The minimum Gasteiger partial charge on any atom is -0.490 e. The Labute approximate surface area is 194 Å². The van der Waals surface area contributed by atoms with Crippen LogP contribution in [0.4, 0.5) is 30.6 Å². The number of ether oxygens (including phenoxy) is 1. The van der Waals surface area contributed by atoms with Gasteiger partial charge in [-0.1, -0.05) is 17.7 Å². The van der Waals surface area contributed by atoms with Crippen molar-refractivity contribution in [2.24, 2.45) is 0 Å². The van der Waals surface area contributed by atoms with E-state index in [1.54, 1.807) is 6.92 Å². The van der Waals surface area contributed by atoms with Gasteiger partial charge in [-0.05, 0) is 69.3 Å². The third-order valence-corrected chi connectivity index (χ3v) is 5.76. The molecule has 0 aliphatic carbocycles.